The highest BCUT2D eigenvalue weighted by molar-refractivity contribution is 5.45. The van der Waals surface area contributed by atoms with Gasteiger partial charge in [-0.1, -0.05) is 31.2 Å². The number of H-pyrrole nitrogens is 1. The summed E-state index contributed by atoms with van der Waals surface area (Å²) in [5.41, 5.74) is 2.67. The summed E-state index contributed by atoms with van der Waals surface area (Å²) in [6.45, 7) is 3.88. The van der Waals surface area contributed by atoms with Crippen LogP contribution in [0.2, 0.25) is 0 Å². The molecule has 2 heterocycles. The van der Waals surface area contributed by atoms with E-state index >= 15 is 0 Å². The van der Waals surface area contributed by atoms with Crippen molar-refractivity contribution in [2.45, 2.75) is 26.3 Å². The van der Waals surface area contributed by atoms with Crippen LogP contribution in [0.25, 0.3) is 11.6 Å². The van der Waals surface area contributed by atoms with Crippen molar-refractivity contribution in [3.05, 3.63) is 59.6 Å². The van der Waals surface area contributed by atoms with E-state index in [1.54, 1.807) is 6.26 Å². The first-order valence-corrected chi connectivity index (χ1v) is 7.59. The van der Waals surface area contributed by atoms with Crippen molar-refractivity contribution < 1.29 is 4.42 Å². The number of rotatable bonds is 7. The second-order valence-corrected chi connectivity index (χ2v) is 5.18. The highest BCUT2D eigenvalue weighted by Crippen LogP contribution is 2.14. The Morgan fingerprint density at radius 1 is 1.14 bits per heavy atom. The van der Waals surface area contributed by atoms with E-state index < -0.39 is 0 Å². The monoisotopic (exact) mass is 296 g/mol. The Labute approximate surface area is 129 Å². The summed E-state index contributed by atoms with van der Waals surface area (Å²) in [4.78, 5) is 4.42. The Bertz CT molecular complexity index is 686. The number of hydrogen-bond donors (Lipinski definition) is 2. The lowest BCUT2D eigenvalue weighted by molar-refractivity contribution is 0.577. The number of nitrogens with one attached hydrogen (secondary N) is 2. The van der Waals surface area contributed by atoms with Crippen LogP contribution < -0.4 is 5.32 Å². The van der Waals surface area contributed by atoms with E-state index in [1.807, 2.05) is 12.1 Å². The van der Waals surface area contributed by atoms with Crippen LogP contribution in [0.4, 0.5) is 0 Å². The third-order valence-electron chi connectivity index (χ3n) is 3.57. The SMILES string of the molecule is CCc1ccc(CNCCc2nc(-c3ccco3)n[nH]2)cc1. The van der Waals surface area contributed by atoms with E-state index in [2.05, 4.69) is 51.7 Å². The van der Waals surface area contributed by atoms with Crippen LogP contribution in [0.1, 0.15) is 23.9 Å². The summed E-state index contributed by atoms with van der Waals surface area (Å²) in [5, 5.41) is 10.5. The number of hydrogen-bond acceptors (Lipinski definition) is 4. The van der Waals surface area contributed by atoms with Crippen molar-refractivity contribution in [3.63, 3.8) is 0 Å². The van der Waals surface area contributed by atoms with Gasteiger partial charge in [-0.25, -0.2) is 4.98 Å². The Morgan fingerprint density at radius 2 is 1.95 bits per heavy atom. The average Bonchev–Trinajstić information content (AvgIpc) is 3.23. The fourth-order valence-electron chi connectivity index (χ4n) is 2.26. The summed E-state index contributed by atoms with van der Waals surface area (Å²) in [7, 11) is 0. The zero-order valence-electron chi connectivity index (χ0n) is 12.7. The molecule has 0 aliphatic carbocycles. The topological polar surface area (TPSA) is 66.7 Å². The normalized spacial score (nSPS) is 11.0. The average molecular weight is 296 g/mol. The fraction of sp³-hybridized carbons (Fsp3) is 0.294. The lowest BCUT2D eigenvalue weighted by atomic mass is 10.1. The minimum Gasteiger partial charge on any atom is -0.461 e. The Kier molecular flexibility index (Phi) is 4.65. The highest BCUT2D eigenvalue weighted by atomic mass is 16.3. The zero-order valence-corrected chi connectivity index (χ0v) is 12.7. The van der Waals surface area contributed by atoms with Crippen LogP contribution in [0.3, 0.4) is 0 Å². The molecule has 2 aromatic heterocycles. The van der Waals surface area contributed by atoms with Gasteiger partial charge in [-0.05, 0) is 29.7 Å². The van der Waals surface area contributed by atoms with Crippen molar-refractivity contribution in [2.75, 3.05) is 6.54 Å². The fourth-order valence-corrected chi connectivity index (χ4v) is 2.26. The molecule has 114 valence electrons. The van der Waals surface area contributed by atoms with E-state index in [-0.39, 0.29) is 0 Å². The number of furan rings is 1. The van der Waals surface area contributed by atoms with Gasteiger partial charge in [0.2, 0.25) is 5.82 Å². The van der Waals surface area contributed by atoms with Gasteiger partial charge in [0.15, 0.2) is 5.76 Å². The molecule has 0 bridgehead atoms. The number of nitrogens with zero attached hydrogens (tertiary/aromatic N) is 2. The van der Waals surface area contributed by atoms with Gasteiger partial charge >= 0.3 is 0 Å². The molecule has 0 saturated heterocycles. The van der Waals surface area contributed by atoms with Crippen molar-refractivity contribution in [2.24, 2.45) is 0 Å². The molecular weight excluding hydrogens is 276 g/mol. The molecule has 0 fully saturated rings. The molecule has 0 aliphatic rings. The van der Waals surface area contributed by atoms with Crippen molar-refractivity contribution in [1.29, 1.82) is 0 Å². The van der Waals surface area contributed by atoms with E-state index in [0.29, 0.717) is 11.6 Å². The maximum absolute atomic E-state index is 5.27. The molecule has 1 aromatic carbocycles. The van der Waals surface area contributed by atoms with Crippen LogP contribution in [0.5, 0.6) is 0 Å². The van der Waals surface area contributed by atoms with E-state index in [9.17, 15) is 0 Å². The van der Waals surface area contributed by atoms with Crippen molar-refractivity contribution in [3.8, 4) is 11.6 Å². The molecule has 0 radical (unpaired) electrons. The van der Waals surface area contributed by atoms with E-state index in [4.69, 9.17) is 4.42 Å². The summed E-state index contributed by atoms with van der Waals surface area (Å²) in [6.07, 6.45) is 3.51. The van der Waals surface area contributed by atoms with Gasteiger partial charge in [0.25, 0.3) is 0 Å². The molecule has 3 rings (SSSR count). The van der Waals surface area contributed by atoms with Gasteiger partial charge in [0.1, 0.15) is 5.82 Å². The van der Waals surface area contributed by atoms with Crippen molar-refractivity contribution in [1.82, 2.24) is 20.5 Å². The van der Waals surface area contributed by atoms with Crippen LogP contribution in [0.15, 0.2) is 47.1 Å². The Balaban J connectivity index is 1.45. The highest BCUT2D eigenvalue weighted by Gasteiger charge is 2.07. The lowest BCUT2D eigenvalue weighted by Crippen LogP contribution is -2.17. The molecule has 0 spiro atoms. The maximum atomic E-state index is 5.27. The first kappa shape index (κ1) is 14.5. The van der Waals surface area contributed by atoms with E-state index in [1.165, 1.54) is 11.1 Å². The largest absolute Gasteiger partial charge is 0.461 e. The number of aromatic amines is 1. The third kappa shape index (κ3) is 3.62. The van der Waals surface area contributed by atoms with E-state index in [0.717, 1.165) is 31.8 Å². The van der Waals surface area contributed by atoms with Crippen LogP contribution in [-0.4, -0.2) is 21.7 Å². The molecule has 22 heavy (non-hydrogen) atoms. The Morgan fingerprint density at radius 3 is 2.68 bits per heavy atom. The van der Waals surface area contributed by atoms with Crippen LogP contribution in [0, 0.1) is 0 Å². The lowest BCUT2D eigenvalue weighted by Gasteiger charge is -2.04. The van der Waals surface area contributed by atoms with Gasteiger partial charge in [-0.2, -0.15) is 5.10 Å². The first-order valence-electron chi connectivity index (χ1n) is 7.59. The maximum Gasteiger partial charge on any atom is 0.216 e. The predicted molar refractivity (Wildman–Crippen MR) is 85.3 cm³/mol. The number of aryl methyl sites for hydroxylation is 1. The van der Waals surface area contributed by atoms with Crippen molar-refractivity contribution >= 4 is 0 Å². The first-order chi connectivity index (χ1) is 10.8. The van der Waals surface area contributed by atoms with Gasteiger partial charge in [0.05, 0.1) is 6.26 Å². The second-order valence-electron chi connectivity index (χ2n) is 5.18. The van der Waals surface area contributed by atoms with Gasteiger partial charge < -0.3 is 9.73 Å². The minimum absolute atomic E-state index is 0.607. The predicted octanol–water partition coefficient (Wildman–Crippen LogP) is 2.96. The summed E-state index contributed by atoms with van der Waals surface area (Å²) >= 11 is 0. The minimum atomic E-state index is 0.607. The molecule has 5 heteroatoms. The molecule has 5 nitrogen and oxygen atoms in total. The molecule has 0 aliphatic heterocycles. The molecule has 2 N–H and O–H groups in total. The summed E-state index contributed by atoms with van der Waals surface area (Å²) in [5.74, 6) is 2.15. The molecule has 3 aromatic rings. The quantitative estimate of drug-likeness (QED) is 0.658. The van der Waals surface area contributed by atoms with Crippen LogP contribution >= 0.6 is 0 Å². The summed E-state index contributed by atoms with van der Waals surface area (Å²) in [6, 6.07) is 12.4. The standard InChI is InChI=1S/C17H20N4O/c1-2-13-5-7-14(8-6-13)12-18-10-9-16-19-17(21-20-16)15-4-3-11-22-15/h3-8,11,18H,2,9-10,12H2,1H3,(H,19,20,21). The Hall–Kier alpha value is -2.40. The smallest absolute Gasteiger partial charge is 0.216 e. The van der Waals surface area contributed by atoms with Gasteiger partial charge in [-0.3, -0.25) is 5.10 Å². The molecular formula is C17H20N4O. The summed E-state index contributed by atoms with van der Waals surface area (Å²) < 4.78 is 5.27. The van der Waals surface area contributed by atoms with Gasteiger partial charge in [0, 0.05) is 19.5 Å². The second kappa shape index (κ2) is 7.04. The third-order valence-corrected chi connectivity index (χ3v) is 3.57. The number of benzene rings is 1. The number of aromatic nitrogens is 3. The molecule has 0 saturated carbocycles. The van der Waals surface area contributed by atoms with Gasteiger partial charge in [-0.15, -0.1) is 0 Å². The molecule has 0 unspecified atom stereocenters. The van der Waals surface area contributed by atoms with Crippen LogP contribution in [-0.2, 0) is 19.4 Å². The molecule has 0 atom stereocenters. The zero-order chi connectivity index (χ0) is 15.2. The molecule has 0 amide bonds.